The third-order valence-electron chi connectivity index (χ3n) is 2.97. The van der Waals surface area contributed by atoms with Crippen molar-refractivity contribution in [3.8, 4) is 0 Å². The molecule has 0 spiro atoms. The van der Waals surface area contributed by atoms with Crippen molar-refractivity contribution in [2.45, 2.75) is 11.1 Å². The van der Waals surface area contributed by atoms with Crippen molar-refractivity contribution in [1.82, 2.24) is 4.72 Å². The van der Waals surface area contributed by atoms with E-state index in [2.05, 4.69) is 4.72 Å². The number of anilines is 1. The minimum atomic E-state index is -3.56. The number of thiophene rings is 1. The Balaban J connectivity index is 2.08. The van der Waals surface area contributed by atoms with Crippen LogP contribution in [-0.2, 0) is 14.8 Å². The minimum Gasteiger partial charge on any atom is -0.310 e. The van der Waals surface area contributed by atoms with E-state index in [1.807, 2.05) is 0 Å². The molecule has 2 rings (SSSR count). The summed E-state index contributed by atoms with van der Waals surface area (Å²) in [5.74, 6) is -0.246. The van der Waals surface area contributed by atoms with E-state index in [0.717, 1.165) is 11.3 Å². The number of hydrogen-bond donors (Lipinski definition) is 1. The van der Waals surface area contributed by atoms with Crippen LogP contribution in [0.15, 0.2) is 39.9 Å². The Kier molecular flexibility index (Phi) is 6.05. The maximum atomic E-state index is 12.0. The lowest BCUT2D eigenvalue weighted by molar-refractivity contribution is -0.116. The van der Waals surface area contributed by atoms with Crippen LogP contribution in [0.1, 0.15) is 6.92 Å². The van der Waals surface area contributed by atoms with Crippen molar-refractivity contribution >= 4 is 56.2 Å². The zero-order valence-electron chi connectivity index (χ0n) is 12.1. The van der Waals surface area contributed by atoms with Gasteiger partial charge in [-0.3, -0.25) is 4.79 Å². The lowest BCUT2D eigenvalue weighted by atomic mass is 10.2. The van der Waals surface area contributed by atoms with Crippen molar-refractivity contribution in [1.29, 1.82) is 0 Å². The van der Waals surface area contributed by atoms with Crippen LogP contribution >= 0.6 is 34.5 Å². The zero-order chi connectivity index (χ0) is 17.0. The number of halogens is 2. The predicted octanol–water partition coefficient (Wildman–Crippen LogP) is 3.39. The molecule has 1 aromatic carbocycles. The molecule has 0 aliphatic heterocycles. The van der Waals surface area contributed by atoms with Crippen LogP contribution in [0.3, 0.4) is 0 Å². The van der Waals surface area contributed by atoms with Crippen molar-refractivity contribution in [2.75, 3.05) is 18.0 Å². The Morgan fingerprint density at radius 3 is 2.61 bits per heavy atom. The first-order valence-electron chi connectivity index (χ1n) is 6.57. The molecule has 23 heavy (non-hydrogen) atoms. The second kappa shape index (κ2) is 7.63. The Morgan fingerprint density at radius 1 is 1.30 bits per heavy atom. The summed E-state index contributed by atoms with van der Waals surface area (Å²) in [6.07, 6.45) is 0. The average molecular weight is 393 g/mol. The van der Waals surface area contributed by atoms with Gasteiger partial charge in [0.15, 0.2) is 0 Å². The van der Waals surface area contributed by atoms with Gasteiger partial charge in [0.25, 0.3) is 0 Å². The number of rotatable bonds is 6. The maximum Gasteiger partial charge on any atom is 0.250 e. The van der Waals surface area contributed by atoms with Gasteiger partial charge in [0, 0.05) is 25.0 Å². The Labute approximate surface area is 148 Å². The molecule has 0 saturated carbocycles. The van der Waals surface area contributed by atoms with Gasteiger partial charge in [0.1, 0.15) is 4.21 Å². The van der Waals surface area contributed by atoms with E-state index in [0.29, 0.717) is 15.7 Å². The standard InChI is InChI=1S/C14H14Cl2N2O3S2/c1-10(19)18(13-5-4-11(15)9-12(13)16)7-6-17-23(20,21)14-3-2-8-22-14/h2-5,8-9,17H,6-7H2,1H3. The van der Waals surface area contributed by atoms with E-state index in [-0.39, 0.29) is 23.2 Å². The van der Waals surface area contributed by atoms with E-state index in [9.17, 15) is 13.2 Å². The zero-order valence-corrected chi connectivity index (χ0v) is 15.3. The molecule has 0 radical (unpaired) electrons. The van der Waals surface area contributed by atoms with E-state index in [1.54, 1.807) is 23.6 Å². The molecule has 2 aromatic rings. The molecule has 0 bridgehead atoms. The van der Waals surface area contributed by atoms with Crippen LogP contribution in [0.25, 0.3) is 0 Å². The summed E-state index contributed by atoms with van der Waals surface area (Å²) in [5, 5.41) is 2.47. The third kappa shape index (κ3) is 4.68. The number of sulfonamides is 1. The number of nitrogens with one attached hydrogen (secondary N) is 1. The van der Waals surface area contributed by atoms with Gasteiger partial charge in [-0.15, -0.1) is 11.3 Å². The van der Waals surface area contributed by atoms with Gasteiger partial charge in [0.05, 0.1) is 10.7 Å². The summed E-state index contributed by atoms with van der Waals surface area (Å²) in [6, 6.07) is 7.96. The molecule has 0 atom stereocenters. The lowest BCUT2D eigenvalue weighted by Crippen LogP contribution is -2.37. The molecule has 0 aliphatic carbocycles. The van der Waals surface area contributed by atoms with Gasteiger partial charge in [-0.05, 0) is 29.6 Å². The molecule has 9 heteroatoms. The summed E-state index contributed by atoms with van der Waals surface area (Å²) in [7, 11) is -3.56. The van der Waals surface area contributed by atoms with Gasteiger partial charge in [-0.1, -0.05) is 29.3 Å². The number of hydrogen-bond acceptors (Lipinski definition) is 4. The third-order valence-corrected chi connectivity index (χ3v) is 6.36. The van der Waals surface area contributed by atoms with Crippen LogP contribution in [0, 0.1) is 0 Å². The van der Waals surface area contributed by atoms with E-state index in [1.165, 1.54) is 24.0 Å². The molecule has 0 saturated heterocycles. The molecule has 0 aliphatic rings. The fraction of sp³-hybridized carbons (Fsp3) is 0.214. The summed E-state index contributed by atoms with van der Waals surface area (Å²) in [5.41, 5.74) is 0.485. The van der Waals surface area contributed by atoms with Crippen molar-refractivity contribution in [3.05, 3.63) is 45.8 Å². The molecule has 0 fully saturated rings. The summed E-state index contributed by atoms with van der Waals surface area (Å²) in [4.78, 5) is 13.2. The van der Waals surface area contributed by atoms with Gasteiger partial charge in [-0.2, -0.15) is 0 Å². The van der Waals surface area contributed by atoms with E-state index in [4.69, 9.17) is 23.2 Å². The Morgan fingerprint density at radius 2 is 2.04 bits per heavy atom. The molecular weight excluding hydrogens is 379 g/mol. The molecule has 1 heterocycles. The molecule has 5 nitrogen and oxygen atoms in total. The predicted molar refractivity (Wildman–Crippen MR) is 94.0 cm³/mol. The van der Waals surface area contributed by atoms with Crippen LogP contribution in [0.2, 0.25) is 10.0 Å². The van der Waals surface area contributed by atoms with Gasteiger partial charge in [0.2, 0.25) is 15.9 Å². The largest absolute Gasteiger partial charge is 0.310 e. The van der Waals surface area contributed by atoms with Crippen LogP contribution in [-0.4, -0.2) is 27.4 Å². The fourth-order valence-electron chi connectivity index (χ4n) is 1.93. The van der Waals surface area contributed by atoms with Gasteiger partial charge >= 0.3 is 0 Å². The minimum absolute atomic E-state index is 0.0682. The monoisotopic (exact) mass is 392 g/mol. The number of carbonyl (C=O) groups is 1. The first kappa shape index (κ1) is 18.2. The van der Waals surface area contributed by atoms with E-state index >= 15 is 0 Å². The molecule has 124 valence electrons. The summed E-state index contributed by atoms with van der Waals surface area (Å²) < 4.78 is 26.8. The lowest BCUT2D eigenvalue weighted by Gasteiger charge is -2.22. The summed E-state index contributed by atoms with van der Waals surface area (Å²) >= 11 is 13.1. The van der Waals surface area contributed by atoms with Crippen molar-refractivity contribution in [3.63, 3.8) is 0 Å². The van der Waals surface area contributed by atoms with Gasteiger partial charge < -0.3 is 4.90 Å². The normalized spacial score (nSPS) is 11.4. The van der Waals surface area contributed by atoms with Gasteiger partial charge in [-0.25, -0.2) is 13.1 Å². The second-order valence-corrected chi connectivity index (χ2v) is 8.38. The second-order valence-electron chi connectivity index (χ2n) is 4.60. The Bertz CT molecular complexity index is 792. The average Bonchev–Trinajstić information content (AvgIpc) is 2.99. The molecule has 1 N–H and O–H groups in total. The SMILES string of the molecule is CC(=O)N(CCNS(=O)(=O)c1cccs1)c1ccc(Cl)cc1Cl. The Hall–Kier alpha value is -1.12. The van der Waals surface area contributed by atoms with E-state index < -0.39 is 10.0 Å². The molecule has 1 aromatic heterocycles. The molecule has 1 amide bonds. The number of benzene rings is 1. The van der Waals surface area contributed by atoms with Crippen LogP contribution in [0.4, 0.5) is 5.69 Å². The smallest absolute Gasteiger partial charge is 0.250 e. The highest BCUT2D eigenvalue weighted by molar-refractivity contribution is 7.91. The maximum absolute atomic E-state index is 12.0. The van der Waals surface area contributed by atoms with Crippen LogP contribution < -0.4 is 9.62 Å². The number of amides is 1. The van der Waals surface area contributed by atoms with Crippen molar-refractivity contribution < 1.29 is 13.2 Å². The fourth-order valence-corrected chi connectivity index (χ4v) is 4.50. The first-order chi connectivity index (χ1) is 10.8. The first-order valence-corrected chi connectivity index (χ1v) is 9.69. The molecule has 0 unspecified atom stereocenters. The quantitative estimate of drug-likeness (QED) is 0.818. The highest BCUT2D eigenvalue weighted by Gasteiger charge is 2.18. The highest BCUT2D eigenvalue weighted by Crippen LogP contribution is 2.28. The number of carbonyl (C=O) groups excluding carboxylic acids is 1. The topological polar surface area (TPSA) is 66.5 Å². The summed E-state index contributed by atoms with van der Waals surface area (Å²) in [6.45, 7) is 1.61. The van der Waals surface area contributed by atoms with Crippen molar-refractivity contribution in [2.24, 2.45) is 0 Å². The highest BCUT2D eigenvalue weighted by atomic mass is 35.5. The molecular formula is C14H14Cl2N2O3S2. The number of nitrogens with zero attached hydrogens (tertiary/aromatic N) is 1. The van der Waals surface area contributed by atoms with Crippen LogP contribution in [0.5, 0.6) is 0 Å².